The second-order valence-electron chi connectivity index (χ2n) is 9.97. The number of rotatable bonds is 10. The van der Waals surface area contributed by atoms with Crippen LogP contribution in [0.4, 0.5) is 5.69 Å². The number of nitrogens with one attached hydrogen (secondary N) is 2. The third-order valence-corrected chi connectivity index (χ3v) is 7.25. The number of aromatic nitrogens is 2. The third-order valence-electron chi connectivity index (χ3n) is 5.57. The number of carbonyl (C=O) groups is 2. The first-order valence-electron chi connectivity index (χ1n) is 12.2. The van der Waals surface area contributed by atoms with Gasteiger partial charge in [-0.1, -0.05) is 26.0 Å². The van der Waals surface area contributed by atoms with Gasteiger partial charge in [0, 0.05) is 23.7 Å². The van der Waals surface area contributed by atoms with Crippen LogP contribution in [-0.4, -0.2) is 41.2 Å². The maximum Gasteiger partial charge on any atom is 0.356 e. The van der Waals surface area contributed by atoms with Crippen LogP contribution in [0.1, 0.15) is 61.3 Å². The van der Waals surface area contributed by atoms with Crippen LogP contribution in [0, 0.1) is 26.7 Å². The zero-order valence-corrected chi connectivity index (χ0v) is 23.4. The van der Waals surface area contributed by atoms with Gasteiger partial charge < -0.3 is 15.2 Å². The fourth-order valence-corrected chi connectivity index (χ4v) is 5.26. The fraction of sp³-hybridized carbons (Fsp3) is 0.370. The number of sulfonamides is 1. The molecule has 38 heavy (non-hydrogen) atoms. The fourth-order valence-electron chi connectivity index (χ4n) is 3.86. The van der Waals surface area contributed by atoms with Gasteiger partial charge in [-0.15, -0.1) is 0 Å². The van der Waals surface area contributed by atoms with Gasteiger partial charge in [0.2, 0.25) is 21.8 Å². The standard InChI is InChI=1S/C27H34N4O6S/c1-15(2)12-24(32)28-20-10-11-22(23(14-20)38(35,36)30-16(3)4)37-26-19(7)25(27(33)34)29-31(26)21-13-17(5)8-9-18(21)6/h8-11,13-16,30H,12H2,1-7H3,(H,28,32)(H,33,34). The quantitative estimate of drug-likeness (QED) is 0.329. The number of carbonyl (C=O) groups excluding carboxylic acids is 1. The van der Waals surface area contributed by atoms with Gasteiger partial charge in [0.15, 0.2) is 5.69 Å². The van der Waals surface area contributed by atoms with Crippen LogP contribution in [0.2, 0.25) is 0 Å². The smallest absolute Gasteiger partial charge is 0.356 e. The molecule has 0 unspecified atom stereocenters. The van der Waals surface area contributed by atoms with Gasteiger partial charge in [0.1, 0.15) is 10.6 Å². The molecule has 0 bridgehead atoms. The van der Waals surface area contributed by atoms with Gasteiger partial charge in [-0.05, 0) is 75.9 Å². The number of nitrogens with zero attached hydrogens (tertiary/aromatic N) is 2. The highest BCUT2D eigenvalue weighted by Crippen LogP contribution is 2.36. The summed E-state index contributed by atoms with van der Waals surface area (Å²) in [6, 6.07) is 9.52. The molecule has 3 N–H and O–H groups in total. The average Bonchev–Trinajstić information content (AvgIpc) is 3.11. The van der Waals surface area contributed by atoms with E-state index in [9.17, 15) is 23.1 Å². The predicted molar refractivity (Wildman–Crippen MR) is 145 cm³/mol. The molecular formula is C27H34N4O6S. The Morgan fingerprint density at radius 3 is 2.34 bits per heavy atom. The number of hydrogen-bond donors (Lipinski definition) is 3. The molecule has 0 aliphatic heterocycles. The first kappa shape index (κ1) is 28.9. The number of ether oxygens (including phenoxy) is 1. The molecule has 10 nitrogen and oxygen atoms in total. The molecule has 3 rings (SSSR count). The largest absolute Gasteiger partial charge is 0.476 e. The molecule has 0 saturated heterocycles. The van der Waals surface area contributed by atoms with Crippen molar-refractivity contribution < 1.29 is 27.9 Å². The van der Waals surface area contributed by atoms with Gasteiger partial charge in [0.05, 0.1) is 5.69 Å². The Labute approximate surface area is 223 Å². The second kappa shape index (κ2) is 11.4. The van der Waals surface area contributed by atoms with E-state index in [-0.39, 0.29) is 51.7 Å². The van der Waals surface area contributed by atoms with Crippen molar-refractivity contribution >= 4 is 27.6 Å². The van der Waals surface area contributed by atoms with Crippen LogP contribution in [0.5, 0.6) is 11.6 Å². The van der Waals surface area contributed by atoms with E-state index in [1.807, 2.05) is 45.9 Å². The molecule has 0 aliphatic carbocycles. The van der Waals surface area contributed by atoms with Crippen molar-refractivity contribution in [3.05, 3.63) is 58.8 Å². The summed E-state index contributed by atoms with van der Waals surface area (Å²) in [5.74, 6) is -1.35. The summed E-state index contributed by atoms with van der Waals surface area (Å²) < 4.78 is 36.7. The van der Waals surface area contributed by atoms with E-state index in [1.165, 1.54) is 22.9 Å². The summed E-state index contributed by atoms with van der Waals surface area (Å²) in [7, 11) is -4.08. The minimum Gasteiger partial charge on any atom is -0.476 e. The molecule has 0 radical (unpaired) electrons. The number of benzene rings is 2. The zero-order valence-electron chi connectivity index (χ0n) is 22.6. The molecule has 2 aromatic carbocycles. The summed E-state index contributed by atoms with van der Waals surface area (Å²) in [5, 5.41) is 16.7. The van der Waals surface area contributed by atoms with E-state index in [0.717, 1.165) is 11.1 Å². The second-order valence-corrected chi connectivity index (χ2v) is 11.7. The van der Waals surface area contributed by atoms with Crippen molar-refractivity contribution in [1.29, 1.82) is 0 Å². The van der Waals surface area contributed by atoms with Crippen molar-refractivity contribution in [2.24, 2.45) is 5.92 Å². The van der Waals surface area contributed by atoms with E-state index >= 15 is 0 Å². The van der Waals surface area contributed by atoms with Gasteiger partial charge in [0.25, 0.3) is 0 Å². The molecule has 0 saturated carbocycles. The minimum atomic E-state index is -4.08. The highest BCUT2D eigenvalue weighted by molar-refractivity contribution is 7.89. The Morgan fingerprint density at radius 1 is 1.05 bits per heavy atom. The number of carboxylic acid groups (broad SMARTS) is 1. The number of aromatic carboxylic acids is 1. The number of carboxylic acids is 1. The van der Waals surface area contributed by atoms with Crippen molar-refractivity contribution in [1.82, 2.24) is 14.5 Å². The van der Waals surface area contributed by atoms with Gasteiger partial charge >= 0.3 is 5.97 Å². The molecule has 0 atom stereocenters. The van der Waals surface area contributed by atoms with Crippen molar-refractivity contribution in [2.75, 3.05) is 5.32 Å². The Kier molecular flexibility index (Phi) is 8.63. The monoisotopic (exact) mass is 542 g/mol. The van der Waals surface area contributed by atoms with Crippen LogP contribution in [0.3, 0.4) is 0 Å². The minimum absolute atomic E-state index is 0.0495. The molecule has 0 aliphatic rings. The summed E-state index contributed by atoms with van der Waals surface area (Å²) in [6.07, 6.45) is 0.275. The average molecular weight is 543 g/mol. The predicted octanol–water partition coefficient (Wildman–Crippen LogP) is 4.96. The number of aryl methyl sites for hydroxylation is 2. The van der Waals surface area contributed by atoms with E-state index in [1.54, 1.807) is 20.8 Å². The lowest BCUT2D eigenvalue weighted by Gasteiger charge is -2.17. The molecule has 0 fully saturated rings. The summed E-state index contributed by atoms with van der Waals surface area (Å²) >= 11 is 0. The third kappa shape index (κ3) is 6.59. The maximum atomic E-state index is 13.3. The first-order valence-corrected chi connectivity index (χ1v) is 13.7. The Balaban J connectivity index is 2.18. The summed E-state index contributed by atoms with van der Waals surface area (Å²) in [6.45, 7) is 12.5. The highest BCUT2D eigenvalue weighted by atomic mass is 32.2. The lowest BCUT2D eigenvalue weighted by Crippen LogP contribution is -2.30. The molecule has 1 aromatic heterocycles. The van der Waals surface area contributed by atoms with E-state index < -0.39 is 22.0 Å². The van der Waals surface area contributed by atoms with Crippen LogP contribution in [0.25, 0.3) is 5.69 Å². The summed E-state index contributed by atoms with van der Waals surface area (Å²) in [4.78, 5) is 24.0. The molecule has 11 heteroatoms. The topological polar surface area (TPSA) is 140 Å². The van der Waals surface area contributed by atoms with Crippen molar-refractivity contribution in [3.63, 3.8) is 0 Å². The van der Waals surface area contributed by atoms with Gasteiger partial charge in [-0.25, -0.2) is 17.9 Å². The normalized spacial score (nSPS) is 11.7. The number of hydrogen-bond acceptors (Lipinski definition) is 6. The van der Waals surface area contributed by atoms with Crippen LogP contribution >= 0.6 is 0 Å². The first-order chi connectivity index (χ1) is 17.7. The van der Waals surface area contributed by atoms with Crippen LogP contribution < -0.4 is 14.8 Å². The molecule has 1 heterocycles. The Bertz CT molecular complexity index is 1470. The van der Waals surface area contributed by atoms with E-state index in [4.69, 9.17) is 4.74 Å². The van der Waals surface area contributed by atoms with Crippen molar-refractivity contribution in [3.8, 4) is 17.3 Å². The molecule has 3 aromatic rings. The molecule has 1 amide bonds. The van der Waals surface area contributed by atoms with E-state index in [0.29, 0.717) is 5.69 Å². The highest BCUT2D eigenvalue weighted by Gasteiger charge is 2.27. The lowest BCUT2D eigenvalue weighted by atomic mass is 10.1. The summed E-state index contributed by atoms with van der Waals surface area (Å²) in [5.41, 5.74) is 2.64. The number of anilines is 1. The van der Waals surface area contributed by atoms with Crippen LogP contribution in [-0.2, 0) is 14.8 Å². The molecule has 0 spiro atoms. The van der Waals surface area contributed by atoms with Gasteiger partial charge in [-0.2, -0.15) is 9.78 Å². The van der Waals surface area contributed by atoms with Gasteiger partial charge in [-0.3, -0.25) is 4.79 Å². The Hall–Kier alpha value is -3.70. The van der Waals surface area contributed by atoms with Crippen molar-refractivity contribution in [2.45, 2.75) is 65.8 Å². The van der Waals surface area contributed by atoms with E-state index in [2.05, 4.69) is 15.1 Å². The maximum absolute atomic E-state index is 13.3. The molecular weight excluding hydrogens is 508 g/mol. The SMILES string of the molecule is Cc1ccc(C)c(-n2nc(C(=O)O)c(C)c2Oc2ccc(NC(=O)CC(C)C)cc2S(=O)(=O)NC(C)C)c1. The number of amides is 1. The zero-order chi connectivity index (χ0) is 28.4. The van der Waals surface area contributed by atoms with Crippen LogP contribution in [0.15, 0.2) is 41.3 Å². The lowest BCUT2D eigenvalue weighted by molar-refractivity contribution is -0.116. The molecule has 204 valence electrons. The Morgan fingerprint density at radius 2 is 1.74 bits per heavy atom.